The molecule has 0 aromatic heterocycles. The number of nitrogens with two attached hydrogens (primary N) is 2. The fraction of sp³-hybridized carbons (Fsp3) is 0.692. The summed E-state index contributed by atoms with van der Waals surface area (Å²) in [6, 6.07) is 0. The molecule has 0 heterocycles. The first-order valence-corrected chi connectivity index (χ1v) is 6.75. The van der Waals surface area contributed by atoms with Gasteiger partial charge in [0.05, 0.1) is 11.1 Å². The summed E-state index contributed by atoms with van der Waals surface area (Å²) in [5, 5.41) is 21.8. The van der Waals surface area contributed by atoms with E-state index < -0.39 is 11.1 Å². The van der Waals surface area contributed by atoms with Crippen molar-refractivity contribution in [1.82, 2.24) is 10.6 Å². The topological polar surface area (TPSA) is 148 Å². The summed E-state index contributed by atoms with van der Waals surface area (Å²) < 4.78 is 0. The van der Waals surface area contributed by atoms with Gasteiger partial charge < -0.3 is 11.5 Å². The van der Waals surface area contributed by atoms with Crippen LogP contribution in [0.2, 0.25) is 0 Å². The Balaban J connectivity index is 5.33. The van der Waals surface area contributed by atoms with E-state index in [4.69, 9.17) is 22.0 Å². The molecule has 0 radical (unpaired) electrons. The van der Waals surface area contributed by atoms with Gasteiger partial charge in [0.25, 0.3) is 0 Å². The first-order chi connectivity index (χ1) is 9.74. The van der Waals surface area contributed by atoms with Gasteiger partial charge >= 0.3 is 0 Å². The third kappa shape index (κ3) is 6.48. The second-order valence-electron chi connectivity index (χ2n) is 5.35. The van der Waals surface area contributed by atoms with E-state index in [0.717, 1.165) is 12.8 Å². The molecule has 0 spiro atoms. The molecule has 0 rings (SSSR count). The van der Waals surface area contributed by atoms with Crippen molar-refractivity contribution in [2.24, 2.45) is 21.5 Å². The Labute approximate surface area is 125 Å². The highest BCUT2D eigenvalue weighted by molar-refractivity contribution is 5.80. The van der Waals surface area contributed by atoms with E-state index in [9.17, 15) is 0 Å². The van der Waals surface area contributed by atoms with Crippen molar-refractivity contribution in [1.29, 1.82) is 10.5 Å². The molecule has 6 N–H and O–H groups in total. The normalized spacial score (nSPS) is 17.8. The zero-order valence-corrected chi connectivity index (χ0v) is 13.1. The first-order valence-electron chi connectivity index (χ1n) is 6.75. The molecule has 2 unspecified atom stereocenters. The number of guanidine groups is 2. The average Bonchev–Trinajstić information content (AvgIpc) is 2.38. The predicted octanol–water partition coefficient (Wildman–Crippen LogP) is 0.485. The molecule has 8 nitrogen and oxygen atoms in total. The van der Waals surface area contributed by atoms with Crippen LogP contribution in [0.4, 0.5) is 0 Å². The maximum atomic E-state index is 8.56. The van der Waals surface area contributed by atoms with Gasteiger partial charge in [-0.1, -0.05) is 13.8 Å². The molecule has 0 aliphatic rings. The smallest absolute Gasteiger partial charge is 0.202 e. The van der Waals surface area contributed by atoms with E-state index >= 15 is 0 Å². The first kappa shape index (κ1) is 18.5. The highest BCUT2D eigenvalue weighted by Crippen LogP contribution is 2.32. The summed E-state index contributed by atoms with van der Waals surface area (Å²) in [5.41, 5.74) is 10.3. The molecule has 0 saturated carbocycles. The third-order valence-electron chi connectivity index (χ3n) is 3.43. The largest absolute Gasteiger partial charge is 0.369 e. The van der Waals surface area contributed by atoms with Gasteiger partial charge in [-0.3, -0.25) is 10.6 Å². The van der Waals surface area contributed by atoms with Crippen LogP contribution in [0.1, 0.15) is 47.0 Å². The highest BCUT2D eigenvalue weighted by atomic mass is 15.1. The van der Waals surface area contributed by atoms with Crippen molar-refractivity contribution < 1.29 is 0 Å². The second-order valence-corrected chi connectivity index (χ2v) is 5.35. The van der Waals surface area contributed by atoms with Crippen LogP contribution in [0.15, 0.2) is 9.98 Å². The summed E-state index contributed by atoms with van der Waals surface area (Å²) in [6.07, 6.45) is 5.50. The molecule has 0 saturated heterocycles. The Morgan fingerprint density at radius 1 is 0.952 bits per heavy atom. The molecule has 0 aliphatic heterocycles. The monoisotopic (exact) mass is 292 g/mol. The Kier molecular flexibility index (Phi) is 7.01. The standard InChI is InChI=1S/C13H24N8/c1-5-12(3,20-10(16)18-8-14)7-13(4,6-2)21-11(17)19-9-15/h5-7H2,1-4H3,(H3,16,18,20)(H3,17,19,21). The summed E-state index contributed by atoms with van der Waals surface area (Å²) in [7, 11) is 0. The number of nitrogens with zero attached hydrogens (tertiary/aromatic N) is 4. The SMILES string of the molecule is CCC(C)(CC(C)(CC)N=C(N)NC#N)N=C(N)NC#N. The zero-order chi connectivity index (χ0) is 16.5. The van der Waals surface area contributed by atoms with Crippen LogP contribution in [-0.4, -0.2) is 23.0 Å². The molecule has 0 aromatic rings. The predicted molar refractivity (Wildman–Crippen MR) is 82.8 cm³/mol. The molecular weight excluding hydrogens is 268 g/mol. The third-order valence-corrected chi connectivity index (χ3v) is 3.43. The second kappa shape index (κ2) is 7.95. The Morgan fingerprint density at radius 2 is 1.29 bits per heavy atom. The van der Waals surface area contributed by atoms with E-state index in [-0.39, 0.29) is 11.9 Å². The molecule has 0 amide bonds. The van der Waals surface area contributed by atoms with Crippen LogP contribution in [-0.2, 0) is 0 Å². The van der Waals surface area contributed by atoms with Crippen LogP contribution in [0.25, 0.3) is 0 Å². The minimum atomic E-state index is -0.491. The lowest BCUT2D eigenvalue weighted by Crippen LogP contribution is -2.41. The fourth-order valence-electron chi connectivity index (χ4n) is 2.06. The van der Waals surface area contributed by atoms with E-state index in [0.29, 0.717) is 6.42 Å². The lowest BCUT2D eigenvalue weighted by atomic mass is 9.82. The summed E-state index contributed by atoms with van der Waals surface area (Å²) in [6.45, 7) is 7.85. The molecule has 0 aromatic carbocycles. The van der Waals surface area contributed by atoms with Gasteiger partial charge in [0.2, 0.25) is 11.9 Å². The molecule has 8 heteroatoms. The van der Waals surface area contributed by atoms with Crippen molar-refractivity contribution in [3.63, 3.8) is 0 Å². The van der Waals surface area contributed by atoms with Crippen molar-refractivity contribution >= 4 is 11.9 Å². The average molecular weight is 292 g/mol. The number of hydrogen-bond acceptors (Lipinski definition) is 4. The molecule has 21 heavy (non-hydrogen) atoms. The van der Waals surface area contributed by atoms with E-state index in [1.165, 1.54) is 0 Å². The number of aliphatic imine (C=N–C) groups is 2. The van der Waals surface area contributed by atoms with Gasteiger partial charge in [0.15, 0.2) is 12.4 Å². The minimum absolute atomic E-state index is 0.0763. The lowest BCUT2D eigenvalue weighted by Gasteiger charge is -2.34. The molecule has 2 atom stereocenters. The van der Waals surface area contributed by atoms with Crippen LogP contribution in [0.3, 0.4) is 0 Å². The van der Waals surface area contributed by atoms with E-state index in [2.05, 4.69) is 20.6 Å². The zero-order valence-electron chi connectivity index (χ0n) is 13.1. The van der Waals surface area contributed by atoms with E-state index in [1.807, 2.05) is 27.7 Å². The Morgan fingerprint density at radius 3 is 1.52 bits per heavy atom. The summed E-state index contributed by atoms with van der Waals surface area (Å²) >= 11 is 0. The molecular formula is C13H24N8. The fourth-order valence-corrected chi connectivity index (χ4v) is 2.06. The number of nitriles is 2. The maximum Gasteiger partial charge on any atom is 0.202 e. The maximum absolute atomic E-state index is 8.56. The molecule has 116 valence electrons. The molecule has 0 aliphatic carbocycles. The van der Waals surface area contributed by atoms with E-state index in [1.54, 1.807) is 12.4 Å². The number of rotatable bonds is 6. The lowest BCUT2D eigenvalue weighted by molar-refractivity contribution is 0.299. The van der Waals surface area contributed by atoms with Gasteiger partial charge in [0, 0.05) is 0 Å². The van der Waals surface area contributed by atoms with Crippen LogP contribution in [0.5, 0.6) is 0 Å². The van der Waals surface area contributed by atoms with Crippen molar-refractivity contribution in [2.75, 3.05) is 0 Å². The quantitative estimate of drug-likeness (QED) is 0.242. The Hall–Kier alpha value is -2.48. The van der Waals surface area contributed by atoms with Gasteiger partial charge in [0.1, 0.15) is 0 Å². The molecule has 0 fully saturated rings. The Bertz CT molecular complexity index is 439. The van der Waals surface area contributed by atoms with Gasteiger partial charge in [-0.2, -0.15) is 10.5 Å². The number of hydrogen-bond donors (Lipinski definition) is 4. The van der Waals surface area contributed by atoms with Gasteiger partial charge in [-0.25, -0.2) is 9.98 Å². The summed E-state index contributed by atoms with van der Waals surface area (Å²) in [5.74, 6) is 0.153. The number of nitrogens with one attached hydrogen (secondary N) is 2. The molecule has 0 bridgehead atoms. The van der Waals surface area contributed by atoms with Crippen LogP contribution >= 0.6 is 0 Å². The van der Waals surface area contributed by atoms with Crippen molar-refractivity contribution in [2.45, 2.75) is 58.0 Å². The van der Waals surface area contributed by atoms with Gasteiger partial charge in [-0.05, 0) is 33.1 Å². The van der Waals surface area contributed by atoms with Gasteiger partial charge in [-0.15, -0.1) is 0 Å². The minimum Gasteiger partial charge on any atom is -0.369 e. The summed E-state index contributed by atoms with van der Waals surface area (Å²) in [4.78, 5) is 8.74. The van der Waals surface area contributed by atoms with Crippen molar-refractivity contribution in [3.05, 3.63) is 0 Å². The van der Waals surface area contributed by atoms with Crippen LogP contribution in [0, 0.1) is 22.9 Å². The van der Waals surface area contributed by atoms with Crippen molar-refractivity contribution in [3.8, 4) is 12.4 Å². The van der Waals surface area contributed by atoms with Crippen LogP contribution < -0.4 is 22.1 Å². The highest BCUT2D eigenvalue weighted by Gasteiger charge is 2.33.